The topological polar surface area (TPSA) is 110 Å². The molecule has 33 heavy (non-hydrogen) atoms. The van der Waals surface area contributed by atoms with Gasteiger partial charge in [-0.3, -0.25) is 4.72 Å². The van der Waals surface area contributed by atoms with E-state index in [9.17, 15) is 8.42 Å². The van der Waals surface area contributed by atoms with E-state index in [2.05, 4.69) is 14.7 Å². The van der Waals surface area contributed by atoms with Crippen LogP contribution in [0.25, 0.3) is 11.0 Å². The molecule has 0 fully saturated rings. The van der Waals surface area contributed by atoms with E-state index in [4.69, 9.17) is 10.5 Å². The number of aromatic nitrogens is 2. The number of benzene rings is 3. The molecule has 0 saturated carbocycles. The molecule has 7 nitrogen and oxygen atoms in total. The first-order valence-corrected chi connectivity index (χ1v) is 12.7. The van der Waals surface area contributed by atoms with Gasteiger partial charge in [0.05, 0.1) is 22.5 Å². The Balaban J connectivity index is 1.39. The van der Waals surface area contributed by atoms with E-state index in [1.165, 1.54) is 0 Å². The molecule has 0 radical (unpaired) electrons. The van der Waals surface area contributed by atoms with E-state index in [0.717, 1.165) is 46.8 Å². The van der Waals surface area contributed by atoms with Crippen LogP contribution in [0.5, 0.6) is 11.5 Å². The van der Waals surface area contributed by atoms with E-state index in [1.54, 1.807) is 12.1 Å². The van der Waals surface area contributed by atoms with Gasteiger partial charge in [-0.15, -0.1) is 0 Å². The first kappa shape index (κ1) is 22.8. The first-order valence-electron chi connectivity index (χ1n) is 11.0. The maximum atomic E-state index is 12.3. The van der Waals surface area contributed by atoms with Gasteiger partial charge in [-0.25, -0.2) is 13.4 Å². The number of fused-ring (bicyclic) bond motifs is 1. The molecular formula is C25H28N4O3S. The second-order valence-corrected chi connectivity index (χ2v) is 9.76. The smallest absolute Gasteiger partial charge is 0.232 e. The highest BCUT2D eigenvalue weighted by Crippen LogP contribution is 2.23. The molecule has 0 aliphatic rings. The number of para-hydroxylation sites is 1. The van der Waals surface area contributed by atoms with Gasteiger partial charge in [-0.05, 0) is 67.4 Å². The molecule has 4 N–H and O–H groups in total. The van der Waals surface area contributed by atoms with E-state index in [-0.39, 0.29) is 5.75 Å². The number of H-pyrrole nitrogens is 1. The van der Waals surface area contributed by atoms with Gasteiger partial charge in [0.1, 0.15) is 17.3 Å². The predicted octanol–water partition coefficient (Wildman–Crippen LogP) is 4.82. The highest BCUT2D eigenvalue weighted by atomic mass is 32.2. The molecule has 0 aliphatic heterocycles. The number of anilines is 1. The highest BCUT2D eigenvalue weighted by Gasteiger charge is 2.12. The third-order valence-electron chi connectivity index (χ3n) is 5.20. The third kappa shape index (κ3) is 6.57. The Bertz CT molecular complexity index is 1290. The van der Waals surface area contributed by atoms with Gasteiger partial charge in [0.2, 0.25) is 10.0 Å². The Morgan fingerprint density at radius 3 is 2.42 bits per heavy atom. The zero-order valence-corrected chi connectivity index (χ0v) is 19.1. The van der Waals surface area contributed by atoms with E-state index < -0.39 is 10.0 Å². The molecule has 4 aromatic rings. The standard InChI is InChI=1S/C25H28N4O3S/c26-15-5-2-6-16-33(30,31)29-20-11-14-23-24(18-20)28-25(27-23)17-19-9-12-22(13-10-19)32-21-7-3-1-4-8-21/h1,3-4,7-14,18,29H,2,5-6,15-17,26H2,(H,27,28). The molecule has 0 atom stereocenters. The Morgan fingerprint density at radius 1 is 0.909 bits per heavy atom. The summed E-state index contributed by atoms with van der Waals surface area (Å²) < 4.78 is 33.1. The van der Waals surface area contributed by atoms with E-state index in [0.29, 0.717) is 25.1 Å². The molecule has 0 aliphatic carbocycles. The molecule has 0 amide bonds. The lowest BCUT2D eigenvalue weighted by atomic mass is 10.1. The van der Waals surface area contributed by atoms with Gasteiger partial charge < -0.3 is 15.5 Å². The molecular weight excluding hydrogens is 436 g/mol. The minimum Gasteiger partial charge on any atom is -0.457 e. The predicted molar refractivity (Wildman–Crippen MR) is 132 cm³/mol. The number of imidazole rings is 1. The summed E-state index contributed by atoms with van der Waals surface area (Å²) in [7, 11) is -3.39. The van der Waals surface area contributed by atoms with Crippen molar-refractivity contribution in [2.24, 2.45) is 5.73 Å². The summed E-state index contributed by atoms with van der Waals surface area (Å²) in [5.74, 6) is 2.46. The lowest BCUT2D eigenvalue weighted by Crippen LogP contribution is -2.16. The van der Waals surface area contributed by atoms with Crippen LogP contribution in [0.4, 0.5) is 5.69 Å². The summed E-state index contributed by atoms with van der Waals surface area (Å²) in [6.07, 6.45) is 2.86. The first-order chi connectivity index (χ1) is 16.0. The summed E-state index contributed by atoms with van der Waals surface area (Å²) in [4.78, 5) is 7.92. The van der Waals surface area contributed by atoms with Crippen LogP contribution in [0.2, 0.25) is 0 Å². The van der Waals surface area contributed by atoms with Crippen LogP contribution < -0.4 is 15.2 Å². The Morgan fingerprint density at radius 2 is 1.67 bits per heavy atom. The van der Waals surface area contributed by atoms with Crippen molar-refractivity contribution in [3.63, 3.8) is 0 Å². The fourth-order valence-electron chi connectivity index (χ4n) is 3.55. The van der Waals surface area contributed by atoms with Crippen molar-refractivity contribution in [1.82, 2.24) is 9.97 Å². The van der Waals surface area contributed by atoms with Gasteiger partial charge in [0, 0.05) is 6.42 Å². The van der Waals surface area contributed by atoms with Crippen LogP contribution in [0.3, 0.4) is 0 Å². The van der Waals surface area contributed by atoms with Crippen molar-refractivity contribution < 1.29 is 13.2 Å². The highest BCUT2D eigenvalue weighted by molar-refractivity contribution is 7.92. The second-order valence-electron chi connectivity index (χ2n) is 7.92. The quantitative estimate of drug-likeness (QED) is 0.276. The zero-order chi connectivity index (χ0) is 23.1. The summed E-state index contributed by atoms with van der Waals surface area (Å²) >= 11 is 0. The molecule has 4 rings (SSSR count). The number of ether oxygens (including phenoxy) is 1. The van der Waals surface area contributed by atoms with Crippen molar-refractivity contribution in [3.8, 4) is 11.5 Å². The lowest BCUT2D eigenvalue weighted by Gasteiger charge is -2.07. The molecule has 3 aromatic carbocycles. The monoisotopic (exact) mass is 464 g/mol. The SMILES string of the molecule is NCCCCCS(=O)(=O)Nc1ccc2nc(Cc3ccc(Oc4ccccc4)cc3)[nH]c2c1. The van der Waals surface area contributed by atoms with Crippen molar-refractivity contribution in [3.05, 3.63) is 84.2 Å². The number of unbranched alkanes of at least 4 members (excludes halogenated alkanes) is 2. The number of nitrogens with zero attached hydrogens (tertiary/aromatic N) is 1. The minimum absolute atomic E-state index is 0.0866. The van der Waals surface area contributed by atoms with Gasteiger partial charge in [-0.2, -0.15) is 0 Å². The molecule has 8 heteroatoms. The fraction of sp³-hybridized carbons (Fsp3) is 0.240. The lowest BCUT2D eigenvalue weighted by molar-refractivity contribution is 0.482. The Kier molecular flexibility index (Phi) is 7.26. The van der Waals surface area contributed by atoms with Crippen molar-refractivity contribution in [1.29, 1.82) is 0 Å². The number of nitrogens with two attached hydrogens (primary N) is 1. The van der Waals surface area contributed by atoms with Crippen LogP contribution in [-0.2, 0) is 16.4 Å². The average Bonchev–Trinajstić information content (AvgIpc) is 3.20. The summed E-state index contributed by atoms with van der Waals surface area (Å²) in [5, 5.41) is 0. The van der Waals surface area contributed by atoms with Crippen molar-refractivity contribution in [2.75, 3.05) is 17.0 Å². The Labute approximate surface area is 194 Å². The third-order valence-corrected chi connectivity index (χ3v) is 6.57. The fourth-order valence-corrected chi connectivity index (χ4v) is 4.72. The number of aromatic amines is 1. The molecule has 172 valence electrons. The van der Waals surface area contributed by atoms with E-state index >= 15 is 0 Å². The largest absolute Gasteiger partial charge is 0.457 e. The van der Waals surface area contributed by atoms with Gasteiger partial charge in [0.25, 0.3) is 0 Å². The van der Waals surface area contributed by atoms with Gasteiger partial charge >= 0.3 is 0 Å². The average molecular weight is 465 g/mol. The normalized spacial score (nSPS) is 11.5. The molecule has 1 aromatic heterocycles. The number of nitrogens with one attached hydrogen (secondary N) is 2. The molecule has 1 heterocycles. The summed E-state index contributed by atoms with van der Waals surface area (Å²) in [6, 6.07) is 22.9. The molecule has 0 spiro atoms. The van der Waals surface area contributed by atoms with Gasteiger partial charge in [0.15, 0.2) is 0 Å². The second kappa shape index (κ2) is 10.5. The molecule has 0 bridgehead atoms. The maximum absolute atomic E-state index is 12.3. The van der Waals surface area contributed by atoms with Crippen LogP contribution in [0.15, 0.2) is 72.8 Å². The molecule has 0 unspecified atom stereocenters. The minimum atomic E-state index is -3.39. The number of hydrogen-bond donors (Lipinski definition) is 3. The Hall–Kier alpha value is -3.36. The van der Waals surface area contributed by atoms with Crippen molar-refractivity contribution in [2.45, 2.75) is 25.7 Å². The van der Waals surface area contributed by atoms with Crippen LogP contribution >= 0.6 is 0 Å². The van der Waals surface area contributed by atoms with Crippen LogP contribution in [-0.4, -0.2) is 30.7 Å². The van der Waals surface area contributed by atoms with Crippen molar-refractivity contribution >= 4 is 26.7 Å². The van der Waals surface area contributed by atoms with Crippen LogP contribution in [0.1, 0.15) is 30.7 Å². The number of rotatable bonds is 11. The maximum Gasteiger partial charge on any atom is 0.232 e. The number of sulfonamides is 1. The number of hydrogen-bond acceptors (Lipinski definition) is 5. The zero-order valence-electron chi connectivity index (χ0n) is 18.3. The summed E-state index contributed by atoms with van der Waals surface area (Å²) in [5.41, 5.74) is 8.66. The summed E-state index contributed by atoms with van der Waals surface area (Å²) in [6.45, 7) is 0.581. The van der Waals surface area contributed by atoms with E-state index in [1.807, 2.05) is 60.7 Å². The van der Waals surface area contributed by atoms with Crippen LogP contribution in [0, 0.1) is 0 Å². The van der Waals surface area contributed by atoms with Gasteiger partial charge in [-0.1, -0.05) is 36.8 Å². The molecule has 0 saturated heterocycles.